The van der Waals surface area contributed by atoms with Gasteiger partial charge in [0.25, 0.3) is 0 Å². The van der Waals surface area contributed by atoms with Gasteiger partial charge in [-0.2, -0.15) is 13.2 Å². The summed E-state index contributed by atoms with van der Waals surface area (Å²) in [5.74, 6) is 0. The van der Waals surface area contributed by atoms with E-state index in [4.69, 9.17) is 16.5 Å². The third-order valence-corrected chi connectivity index (χ3v) is 3.10. The molecule has 1 N–H and O–H groups in total. The van der Waals surface area contributed by atoms with E-state index >= 15 is 0 Å². The third kappa shape index (κ3) is 3.49. The maximum Gasteiger partial charge on any atom is 0.417 e. The van der Waals surface area contributed by atoms with Crippen molar-refractivity contribution in [1.82, 2.24) is 4.84 Å². The fourth-order valence-corrected chi connectivity index (χ4v) is 2.22. The Morgan fingerprint density at radius 2 is 2.11 bits per heavy atom. The minimum Gasteiger partial charge on any atom is -0.377 e. The molecule has 1 aliphatic rings. The molecule has 1 aromatic rings. The molecule has 0 bridgehead atoms. The quantitative estimate of drug-likeness (QED) is 0.856. The number of hydrogen-bond donors (Lipinski definition) is 1. The van der Waals surface area contributed by atoms with Gasteiger partial charge in [-0.1, -0.05) is 18.2 Å². The van der Waals surface area contributed by atoms with E-state index in [0.717, 1.165) is 6.07 Å². The maximum atomic E-state index is 13.1. The minimum atomic E-state index is -4.38. The first-order valence-corrected chi connectivity index (χ1v) is 6.21. The number of benzene rings is 1. The van der Waals surface area contributed by atoms with Crippen molar-refractivity contribution in [2.24, 2.45) is 0 Å². The Kier molecular flexibility index (Phi) is 4.50. The lowest BCUT2D eigenvalue weighted by Crippen LogP contribution is -2.13. The van der Waals surface area contributed by atoms with Gasteiger partial charge < -0.3 is 4.74 Å². The van der Waals surface area contributed by atoms with E-state index in [9.17, 15) is 13.2 Å². The minimum absolute atomic E-state index is 0.188. The Morgan fingerprint density at radius 1 is 1.32 bits per heavy atom. The molecular weight excluding hydrogens is 279 g/mol. The summed E-state index contributed by atoms with van der Waals surface area (Å²) in [7, 11) is 0. The molecule has 1 aromatic carbocycles. The molecule has 0 radical (unpaired) electrons. The van der Waals surface area contributed by atoms with E-state index in [1.54, 1.807) is 12.1 Å². The number of alkyl halides is 3. The summed E-state index contributed by atoms with van der Waals surface area (Å²) in [4.78, 5) is 2.33. The summed E-state index contributed by atoms with van der Waals surface area (Å²) in [5, 5.41) is 0. The average Bonchev–Trinajstić information content (AvgIpc) is 2.39. The second kappa shape index (κ2) is 5.94. The molecule has 0 amide bonds. The average molecular weight is 292 g/mol. The van der Waals surface area contributed by atoms with E-state index in [2.05, 4.69) is 4.84 Å². The molecule has 19 heavy (non-hydrogen) atoms. The number of ether oxygens (including phenoxy) is 1. The normalized spacial score (nSPS) is 16.3. The standard InChI is InChI=1S/C13H13ClF3NO/c14-18-8-9-1-2-11(10-3-5-19-6-4-10)12(7-9)13(15,16)17/h1-3,7,18H,4-6,8H2. The van der Waals surface area contributed by atoms with E-state index < -0.39 is 11.7 Å². The van der Waals surface area contributed by atoms with Gasteiger partial charge in [0.05, 0.1) is 18.8 Å². The molecule has 0 atom stereocenters. The zero-order valence-electron chi connectivity index (χ0n) is 10.1. The van der Waals surface area contributed by atoms with Crippen LogP contribution in [-0.4, -0.2) is 13.2 Å². The van der Waals surface area contributed by atoms with Crippen molar-refractivity contribution < 1.29 is 17.9 Å². The number of rotatable bonds is 3. The Labute approximate surface area is 114 Å². The molecule has 0 unspecified atom stereocenters. The molecule has 2 nitrogen and oxygen atoms in total. The molecule has 6 heteroatoms. The second-order valence-corrected chi connectivity index (χ2v) is 4.51. The highest BCUT2D eigenvalue weighted by Gasteiger charge is 2.34. The molecule has 0 aliphatic carbocycles. The summed E-state index contributed by atoms with van der Waals surface area (Å²) < 4.78 is 44.5. The lowest BCUT2D eigenvalue weighted by molar-refractivity contribution is -0.137. The van der Waals surface area contributed by atoms with Gasteiger partial charge in [-0.05, 0) is 41.0 Å². The van der Waals surface area contributed by atoms with E-state index in [0.29, 0.717) is 30.8 Å². The summed E-state index contributed by atoms with van der Waals surface area (Å²) in [6.07, 6.45) is -2.18. The van der Waals surface area contributed by atoms with Crippen LogP contribution in [0.5, 0.6) is 0 Å². The molecule has 0 spiro atoms. The Hall–Kier alpha value is -1.04. The first-order chi connectivity index (χ1) is 9.02. The van der Waals surface area contributed by atoms with Crippen LogP contribution in [-0.2, 0) is 17.5 Å². The Bertz CT molecular complexity index is 485. The maximum absolute atomic E-state index is 13.1. The van der Waals surface area contributed by atoms with E-state index in [1.807, 2.05) is 0 Å². The van der Waals surface area contributed by atoms with E-state index in [1.165, 1.54) is 6.07 Å². The van der Waals surface area contributed by atoms with Crippen LogP contribution in [0.15, 0.2) is 24.3 Å². The molecular formula is C13H13ClF3NO. The monoisotopic (exact) mass is 291 g/mol. The highest BCUT2D eigenvalue weighted by molar-refractivity contribution is 6.13. The largest absolute Gasteiger partial charge is 0.417 e. The van der Waals surface area contributed by atoms with Gasteiger partial charge in [0.2, 0.25) is 0 Å². The topological polar surface area (TPSA) is 21.3 Å². The lowest BCUT2D eigenvalue weighted by atomic mass is 9.94. The molecule has 1 aliphatic heterocycles. The molecule has 1 heterocycles. The SMILES string of the molecule is FC(F)(F)c1cc(CNCl)ccc1C1=CCOCC1. The van der Waals surface area contributed by atoms with Gasteiger partial charge in [0, 0.05) is 6.54 Å². The van der Waals surface area contributed by atoms with Crippen molar-refractivity contribution in [1.29, 1.82) is 0 Å². The highest BCUT2D eigenvalue weighted by atomic mass is 35.5. The summed E-state index contributed by atoms with van der Waals surface area (Å²) in [6, 6.07) is 4.29. The fraction of sp³-hybridized carbons (Fsp3) is 0.385. The Morgan fingerprint density at radius 3 is 2.68 bits per heavy atom. The van der Waals surface area contributed by atoms with Crippen molar-refractivity contribution in [2.45, 2.75) is 19.1 Å². The molecule has 0 saturated carbocycles. The van der Waals surface area contributed by atoms with Crippen molar-refractivity contribution in [3.63, 3.8) is 0 Å². The van der Waals surface area contributed by atoms with Gasteiger partial charge >= 0.3 is 6.18 Å². The first kappa shape index (κ1) is 14.4. The smallest absolute Gasteiger partial charge is 0.377 e. The van der Waals surface area contributed by atoms with Crippen LogP contribution in [0.2, 0.25) is 0 Å². The fourth-order valence-electron chi connectivity index (χ4n) is 2.06. The molecule has 0 saturated heterocycles. The lowest BCUT2D eigenvalue weighted by Gasteiger charge is -2.19. The molecule has 0 aromatic heterocycles. The van der Waals surface area contributed by atoms with Crippen molar-refractivity contribution in [3.8, 4) is 0 Å². The van der Waals surface area contributed by atoms with Gasteiger partial charge in [-0.25, -0.2) is 4.84 Å². The van der Waals surface area contributed by atoms with Crippen LogP contribution in [0.3, 0.4) is 0 Å². The highest BCUT2D eigenvalue weighted by Crippen LogP contribution is 2.37. The second-order valence-electron chi connectivity index (χ2n) is 4.24. The van der Waals surface area contributed by atoms with Crippen LogP contribution < -0.4 is 4.84 Å². The number of nitrogens with one attached hydrogen (secondary N) is 1. The number of halogens is 4. The van der Waals surface area contributed by atoms with Gasteiger partial charge in [-0.3, -0.25) is 0 Å². The van der Waals surface area contributed by atoms with Crippen LogP contribution in [0.4, 0.5) is 13.2 Å². The third-order valence-electron chi connectivity index (χ3n) is 2.97. The van der Waals surface area contributed by atoms with Crippen LogP contribution >= 0.6 is 11.8 Å². The predicted molar refractivity (Wildman–Crippen MR) is 67.5 cm³/mol. The zero-order chi connectivity index (χ0) is 13.9. The predicted octanol–water partition coefficient (Wildman–Crippen LogP) is 3.75. The summed E-state index contributed by atoms with van der Waals surface area (Å²) in [6.45, 7) is 0.999. The van der Waals surface area contributed by atoms with Crippen molar-refractivity contribution in [3.05, 3.63) is 41.0 Å². The summed E-state index contributed by atoms with van der Waals surface area (Å²) >= 11 is 5.33. The van der Waals surface area contributed by atoms with Crippen molar-refractivity contribution >= 4 is 17.3 Å². The number of hydrogen-bond acceptors (Lipinski definition) is 2. The molecule has 104 valence electrons. The molecule has 2 rings (SSSR count). The van der Waals surface area contributed by atoms with Gasteiger partial charge in [0.1, 0.15) is 0 Å². The summed E-state index contributed by atoms with van der Waals surface area (Å²) in [5.41, 5.74) is 0.793. The van der Waals surface area contributed by atoms with Crippen LogP contribution in [0.25, 0.3) is 5.57 Å². The van der Waals surface area contributed by atoms with Crippen LogP contribution in [0, 0.1) is 0 Å². The van der Waals surface area contributed by atoms with E-state index in [-0.39, 0.29) is 12.1 Å². The van der Waals surface area contributed by atoms with Gasteiger partial charge in [-0.15, -0.1) is 0 Å². The van der Waals surface area contributed by atoms with Gasteiger partial charge in [0.15, 0.2) is 0 Å². The Balaban J connectivity index is 2.44. The van der Waals surface area contributed by atoms with Crippen LogP contribution in [0.1, 0.15) is 23.1 Å². The zero-order valence-corrected chi connectivity index (χ0v) is 10.8. The first-order valence-electron chi connectivity index (χ1n) is 5.83. The van der Waals surface area contributed by atoms with Crippen molar-refractivity contribution in [2.75, 3.05) is 13.2 Å². The molecule has 0 fully saturated rings.